The van der Waals surface area contributed by atoms with E-state index in [1.807, 2.05) is 4.90 Å². The van der Waals surface area contributed by atoms with Gasteiger partial charge in [0.1, 0.15) is 6.61 Å². The third-order valence-electron chi connectivity index (χ3n) is 2.63. The van der Waals surface area contributed by atoms with E-state index in [-0.39, 0.29) is 12.5 Å². The number of aliphatic hydroxyl groups excluding tert-OH is 1. The van der Waals surface area contributed by atoms with E-state index in [2.05, 4.69) is 30.7 Å². The normalized spacial score (nSPS) is 9.63. The molecule has 102 valence electrons. The Bertz CT molecular complexity index is 469. The van der Waals surface area contributed by atoms with Crippen LogP contribution >= 0.6 is 0 Å². The molecule has 19 heavy (non-hydrogen) atoms. The minimum atomic E-state index is -0.226. The predicted molar refractivity (Wildman–Crippen MR) is 74.7 cm³/mol. The standard InChI is InChI=1S/C15H20N2O2/c1-3-9-17(10-4-2)15(19)14-7-8-16-12-13(14)6-5-11-18/h7-8,12,18H,3-4,9-11H2,1-2H3. The molecule has 1 amide bonds. The van der Waals surface area contributed by atoms with Crippen molar-refractivity contribution >= 4 is 5.91 Å². The first-order valence-electron chi connectivity index (χ1n) is 6.57. The molecular weight excluding hydrogens is 240 g/mol. The fourth-order valence-corrected chi connectivity index (χ4v) is 1.84. The van der Waals surface area contributed by atoms with Gasteiger partial charge in [0.2, 0.25) is 0 Å². The number of carbonyl (C=O) groups excluding carboxylic acids is 1. The number of amides is 1. The Hall–Kier alpha value is -1.86. The predicted octanol–water partition coefficient (Wildman–Crippen LogP) is 1.69. The molecule has 0 spiro atoms. The maximum atomic E-state index is 12.5. The SMILES string of the molecule is CCCN(CCC)C(=O)c1ccncc1C#CCO. The summed E-state index contributed by atoms with van der Waals surface area (Å²) in [7, 11) is 0. The summed E-state index contributed by atoms with van der Waals surface area (Å²) >= 11 is 0. The van der Waals surface area contributed by atoms with Gasteiger partial charge in [-0.15, -0.1) is 0 Å². The first kappa shape index (κ1) is 15.2. The molecule has 4 heteroatoms. The zero-order valence-corrected chi connectivity index (χ0v) is 11.5. The van der Waals surface area contributed by atoms with Crippen LogP contribution < -0.4 is 0 Å². The molecule has 1 N–H and O–H groups in total. The topological polar surface area (TPSA) is 53.4 Å². The third-order valence-corrected chi connectivity index (χ3v) is 2.63. The lowest BCUT2D eigenvalue weighted by Gasteiger charge is -2.21. The fourth-order valence-electron chi connectivity index (χ4n) is 1.84. The van der Waals surface area contributed by atoms with Gasteiger partial charge in [0.25, 0.3) is 5.91 Å². The molecule has 1 heterocycles. The molecule has 1 rings (SSSR count). The summed E-state index contributed by atoms with van der Waals surface area (Å²) in [5, 5.41) is 8.75. The van der Waals surface area contributed by atoms with Crippen molar-refractivity contribution in [3.8, 4) is 11.8 Å². The highest BCUT2D eigenvalue weighted by molar-refractivity contribution is 5.96. The second-order valence-corrected chi connectivity index (χ2v) is 4.17. The Morgan fingerprint density at radius 2 is 2.05 bits per heavy atom. The molecule has 0 saturated heterocycles. The van der Waals surface area contributed by atoms with Crippen LogP contribution in [0.2, 0.25) is 0 Å². The summed E-state index contributed by atoms with van der Waals surface area (Å²) in [6, 6.07) is 1.68. The summed E-state index contributed by atoms with van der Waals surface area (Å²) in [6.07, 6.45) is 5.00. The number of aliphatic hydroxyl groups is 1. The lowest BCUT2D eigenvalue weighted by atomic mass is 10.1. The largest absolute Gasteiger partial charge is 0.384 e. The van der Waals surface area contributed by atoms with Gasteiger partial charge in [-0.1, -0.05) is 25.7 Å². The number of aromatic nitrogens is 1. The van der Waals surface area contributed by atoms with E-state index in [4.69, 9.17) is 5.11 Å². The van der Waals surface area contributed by atoms with Crippen molar-refractivity contribution in [3.63, 3.8) is 0 Å². The van der Waals surface area contributed by atoms with Crippen molar-refractivity contribution in [3.05, 3.63) is 29.6 Å². The van der Waals surface area contributed by atoms with Gasteiger partial charge >= 0.3 is 0 Å². The van der Waals surface area contributed by atoms with Crippen molar-refractivity contribution in [2.45, 2.75) is 26.7 Å². The van der Waals surface area contributed by atoms with Gasteiger partial charge in [0.05, 0.1) is 11.1 Å². The van der Waals surface area contributed by atoms with Gasteiger partial charge in [-0.2, -0.15) is 0 Å². The number of carbonyl (C=O) groups is 1. The Balaban J connectivity index is 3.03. The van der Waals surface area contributed by atoms with Crippen LogP contribution in [0.5, 0.6) is 0 Å². The maximum absolute atomic E-state index is 12.5. The van der Waals surface area contributed by atoms with Gasteiger partial charge in [-0.05, 0) is 18.9 Å². The maximum Gasteiger partial charge on any atom is 0.255 e. The van der Waals surface area contributed by atoms with Crippen LogP contribution in [0.4, 0.5) is 0 Å². The molecule has 1 aromatic heterocycles. The Labute approximate surface area is 114 Å². The molecule has 0 bridgehead atoms. The summed E-state index contributed by atoms with van der Waals surface area (Å²) in [5.41, 5.74) is 1.12. The van der Waals surface area contributed by atoms with E-state index in [0.717, 1.165) is 25.9 Å². The van der Waals surface area contributed by atoms with Gasteiger partial charge in [-0.3, -0.25) is 9.78 Å². The van der Waals surface area contributed by atoms with E-state index in [0.29, 0.717) is 11.1 Å². The second kappa shape index (κ2) is 8.28. The van der Waals surface area contributed by atoms with Gasteiger partial charge < -0.3 is 10.0 Å². The van der Waals surface area contributed by atoms with E-state index in [1.165, 1.54) is 0 Å². The van der Waals surface area contributed by atoms with E-state index < -0.39 is 0 Å². The average Bonchev–Trinajstić information content (AvgIpc) is 2.44. The Morgan fingerprint density at radius 3 is 2.63 bits per heavy atom. The number of hydrogen-bond acceptors (Lipinski definition) is 3. The Morgan fingerprint density at radius 1 is 1.37 bits per heavy atom. The van der Waals surface area contributed by atoms with Crippen molar-refractivity contribution in [2.24, 2.45) is 0 Å². The van der Waals surface area contributed by atoms with E-state index >= 15 is 0 Å². The Kier molecular flexibility index (Phi) is 6.62. The summed E-state index contributed by atoms with van der Waals surface area (Å²) in [4.78, 5) is 18.3. The number of rotatable bonds is 5. The summed E-state index contributed by atoms with van der Waals surface area (Å²) in [6.45, 7) is 5.35. The summed E-state index contributed by atoms with van der Waals surface area (Å²) < 4.78 is 0. The second-order valence-electron chi connectivity index (χ2n) is 4.17. The minimum absolute atomic E-state index is 0.0201. The van der Waals surface area contributed by atoms with Crippen molar-refractivity contribution in [1.82, 2.24) is 9.88 Å². The molecule has 0 radical (unpaired) electrons. The number of hydrogen-bond donors (Lipinski definition) is 1. The quantitative estimate of drug-likeness (QED) is 0.820. The molecule has 1 aromatic rings. The van der Waals surface area contributed by atoms with Crippen LogP contribution in [-0.4, -0.2) is 40.6 Å². The van der Waals surface area contributed by atoms with Crippen molar-refractivity contribution in [2.75, 3.05) is 19.7 Å². The van der Waals surface area contributed by atoms with Gasteiger partial charge in [0.15, 0.2) is 0 Å². The first-order chi connectivity index (χ1) is 9.24. The molecule has 0 aliphatic heterocycles. The van der Waals surface area contributed by atoms with Crippen LogP contribution in [0.25, 0.3) is 0 Å². The average molecular weight is 260 g/mol. The van der Waals surface area contributed by atoms with E-state index in [1.54, 1.807) is 18.5 Å². The van der Waals surface area contributed by atoms with Gasteiger partial charge in [0, 0.05) is 25.5 Å². The third kappa shape index (κ3) is 4.38. The lowest BCUT2D eigenvalue weighted by Crippen LogP contribution is -2.33. The van der Waals surface area contributed by atoms with Crippen molar-refractivity contribution < 1.29 is 9.90 Å². The zero-order chi connectivity index (χ0) is 14.1. The molecule has 0 unspecified atom stereocenters. The highest BCUT2D eigenvalue weighted by Gasteiger charge is 2.16. The van der Waals surface area contributed by atoms with Crippen LogP contribution in [0.1, 0.15) is 42.6 Å². The van der Waals surface area contributed by atoms with Crippen LogP contribution in [0.15, 0.2) is 18.5 Å². The van der Waals surface area contributed by atoms with Crippen LogP contribution in [0.3, 0.4) is 0 Å². The summed E-state index contributed by atoms with van der Waals surface area (Å²) in [5.74, 6) is 5.31. The molecule has 0 fully saturated rings. The van der Waals surface area contributed by atoms with Crippen LogP contribution in [-0.2, 0) is 0 Å². The molecule has 0 aromatic carbocycles. The number of nitrogens with zero attached hydrogens (tertiary/aromatic N) is 2. The smallest absolute Gasteiger partial charge is 0.255 e. The first-order valence-corrected chi connectivity index (χ1v) is 6.57. The monoisotopic (exact) mass is 260 g/mol. The zero-order valence-electron chi connectivity index (χ0n) is 11.5. The van der Waals surface area contributed by atoms with Crippen LogP contribution in [0, 0.1) is 11.8 Å². The molecule has 0 aliphatic rings. The number of pyridine rings is 1. The fraction of sp³-hybridized carbons (Fsp3) is 0.467. The molecule has 0 atom stereocenters. The van der Waals surface area contributed by atoms with Gasteiger partial charge in [-0.25, -0.2) is 0 Å². The molecule has 0 aliphatic carbocycles. The van der Waals surface area contributed by atoms with Crippen molar-refractivity contribution in [1.29, 1.82) is 0 Å². The molecule has 4 nitrogen and oxygen atoms in total. The molecule has 0 saturated carbocycles. The highest BCUT2D eigenvalue weighted by Crippen LogP contribution is 2.10. The lowest BCUT2D eigenvalue weighted by molar-refractivity contribution is 0.0755. The minimum Gasteiger partial charge on any atom is -0.384 e. The molecular formula is C15H20N2O2. The van der Waals surface area contributed by atoms with E-state index in [9.17, 15) is 4.79 Å². The highest BCUT2D eigenvalue weighted by atomic mass is 16.2.